The van der Waals surface area contributed by atoms with Crippen LogP contribution in [0.4, 0.5) is 0 Å². The molecule has 6 heteroatoms. The molecule has 0 amide bonds. The molecule has 0 radical (unpaired) electrons. The summed E-state index contributed by atoms with van der Waals surface area (Å²) in [5.41, 5.74) is 1.93. The predicted molar refractivity (Wildman–Crippen MR) is 148 cm³/mol. The van der Waals surface area contributed by atoms with Gasteiger partial charge in [-0.1, -0.05) is 48.5 Å². The number of rotatable bonds is 5. The van der Waals surface area contributed by atoms with Crippen molar-refractivity contribution in [3.8, 4) is 17.2 Å². The van der Waals surface area contributed by atoms with Crippen LogP contribution in [-0.2, 0) is 5.54 Å². The lowest BCUT2D eigenvalue weighted by Crippen LogP contribution is -2.51. The largest absolute Gasteiger partial charge is 0.504 e. The summed E-state index contributed by atoms with van der Waals surface area (Å²) in [6.07, 6.45) is 1.87. The third-order valence-corrected chi connectivity index (χ3v) is 9.13. The van der Waals surface area contributed by atoms with E-state index in [0.717, 1.165) is 47.0 Å². The van der Waals surface area contributed by atoms with Gasteiger partial charge in [-0.15, -0.1) is 0 Å². The number of phenols is 1. The Morgan fingerprint density at radius 1 is 0.974 bits per heavy atom. The van der Waals surface area contributed by atoms with Crippen LogP contribution in [0.1, 0.15) is 50.6 Å². The number of benzene rings is 4. The molecule has 0 bridgehead atoms. The van der Waals surface area contributed by atoms with Crippen molar-refractivity contribution in [2.45, 2.75) is 30.3 Å². The monoisotopic (exact) mass is 519 g/mol. The molecule has 4 unspecified atom stereocenters. The van der Waals surface area contributed by atoms with E-state index in [4.69, 9.17) is 9.47 Å². The minimum Gasteiger partial charge on any atom is -0.504 e. The highest BCUT2D eigenvalue weighted by molar-refractivity contribution is 6.22. The number of methoxy groups -OCH3 is 2. The van der Waals surface area contributed by atoms with Crippen molar-refractivity contribution in [3.05, 3.63) is 101 Å². The Kier molecular flexibility index (Phi) is 5.32. The molecule has 4 aromatic rings. The molecular formula is C33H29NO5. The molecule has 7 rings (SSSR count). The van der Waals surface area contributed by atoms with Gasteiger partial charge in [-0.25, -0.2) is 0 Å². The Balaban J connectivity index is 1.51. The van der Waals surface area contributed by atoms with Gasteiger partial charge in [0.1, 0.15) is 11.3 Å². The SMILES string of the molecule is COc1ccc(C2C3CCCN3C3(C(=O)c4cccc5cccc3c45)C2C(=O)c2ccc(O)c(OC)c2)cc1. The van der Waals surface area contributed by atoms with Crippen molar-refractivity contribution in [2.75, 3.05) is 20.8 Å². The Labute approximate surface area is 226 Å². The van der Waals surface area contributed by atoms with Crippen LogP contribution in [0.5, 0.6) is 17.2 Å². The number of ketones is 2. The van der Waals surface area contributed by atoms with Crippen LogP contribution in [0.25, 0.3) is 10.8 Å². The van der Waals surface area contributed by atoms with Gasteiger partial charge in [-0.05, 0) is 71.6 Å². The lowest BCUT2D eigenvalue weighted by Gasteiger charge is -2.38. The average molecular weight is 520 g/mol. The number of ether oxygens (including phenoxy) is 2. The second-order valence-corrected chi connectivity index (χ2v) is 10.7. The van der Waals surface area contributed by atoms with Gasteiger partial charge in [0.15, 0.2) is 23.1 Å². The van der Waals surface area contributed by atoms with Crippen molar-refractivity contribution < 1.29 is 24.2 Å². The number of hydrogen-bond donors (Lipinski definition) is 1. The number of hydrogen-bond acceptors (Lipinski definition) is 6. The normalized spacial score (nSPS) is 25.4. The van der Waals surface area contributed by atoms with Gasteiger partial charge in [0.25, 0.3) is 0 Å². The number of aromatic hydroxyl groups is 1. The second-order valence-electron chi connectivity index (χ2n) is 10.7. The van der Waals surface area contributed by atoms with Crippen LogP contribution in [0.15, 0.2) is 78.9 Å². The quantitative estimate of drug-likeness (QED) is 0.340. The fourth-order valence-corrected chi connectivity index (χ4v) is 7.64. The third-order valence-electron chi connectivity index (χ3n) is 9.13. The van der Waals surface area contributed by atoms with E-state index in [-0.39, 0.29) is 35.0 Å². The van der Waals surface area contributed by atoms with Gasteiger partial charge in [0, 0.05) is 23.1 Å². The summed E-state index contributed by atoms with van der Waals surface area (Å²) in [6, 6.07) is 24.6. The molecule has 39 heavy (non-hydrogen) atoms. The zero-order chi connectivity index (χ0) is 26.9. The van der Waals surface area contributed by atoms with Crippen LogP contribution in [-0.4, -0.2) is 48.4 Å². The molecule has 2 saturated heterocycles. The number of carbonyl (C=O) groups excluding carboxylic acids is 2. The number of nitrogens with zero attached hydrogens (tertiary/aromatic N) is 1. The molecule has 1 aliphatic carbocycles. The predicted octanol–water partition coefficient (Wildman–Crippen LogP) is 5.72. The first-order valence-corrected chi connectivity index (χ1v) is 13.4. The fraction of sp³-hybridized carbons (Fsp3) is 0.273. The first-order chi connectivity index (χ1) is 19.0. The maximum absolute atomic E-state index is 14.8. The second kappa shape index (κ2) is 8.68. The zero-order valence-electron chi connectivity index (χ0n) is 21.9. The average Bonchev–Trinajstić information content (AvgIpc) is 3.63. The molecule has 2 fully saturated rings. The highest BCUT2D eigenvalue weighted by atomic mass is 16.5. The molecule has 1 N–H and O–H groups in total. The maximum Gasteiger partial charge on any atom is 0.189 e. The highest BCUT2D eigenvalue weighted by Crippen LogP contribution is 2.62. The summed E-state index contributed by atoms with van der Waals surface area (Å²) in [6.45, 7) is 0.746. The number of fused-ring (bicyclic) bond motifs is 3. The molecule has 3 aliphatic rings. The molecule has 1 spiro atoms. The topological polar surface area (TPSA) is 76.1 Å². The summed E-state index contributed by atoms with van der Waals surface area (Å²) < 4.78 is 10.8. The molecule has 196 valence electrons. The molecule has 2 heterocycles. The Morgan fingerprint density at radius 3 is 2.49 bits per heavy atom. The van der Waals surface area contributed by atoms with Gasteiger partial charge < -0.3 is 14.6 Å². The summed E-state index contributed by atoms with van der Waals surface area (Å²) in [5.74, 6) is -0.0534. The zero-order valence-corrected chi connectivity index (χ0v) is 21.9. The summed E-state index contributed by atoms with van der Waals surface area (Å²) in [5, 5.41) is 12.2. The molecule has 6 nitrogen and oxygen atoms in total. The van der Waals surface area contributed by atoms with Crippen molar-refractivity contribution in [1.29, 1.82) is 0 Å². The number of Topliss-reactive ketones (excluding diaryl/α,β-unsaturated/α-hetero) is 2. The minimum atomic E-state index is -1.11. The molecule has 2 aliphatic heterocycles. The highest BCUT2D eigenvalue weighted by Gasteiger charge is 2.69. The van der Waals surface area contributed by atoms with E-state index in [1.807, 2.05) is 60.7 Å². The molecule has 0 aromatic heterocycles. The Bertz CT molecular complexity index is 1640. The molecule has 4 aromatic carbocycles. The van der Waals surface area contributed by atoms with E-state index in [0.29, 0.717) is 11.1 Å². The summed E-state index contributed by atoms with van der Waals surface area (Å²) in [7, 11) is 3.10. The van der Waals surface area contributed by atoms with Crippen LogP contribution in [0.2, 0.25) is 0 Å². The molecule has 0 saturated carbocycles. The van der Waals surface area contributed by atoms with Crippen LogP contribution < -0.4 is 9.47 Å². The first-order valence-electron chi connectivity index (χ1n) is 13.4. The van der Waals surface area contributed by atoms with Crippen molar-refractivity contribution >= 4 is 22.3 Å². The van der Waals surface area contributed by atoms with Crippen LogP contribution >= 0.6 is 0 Å². The maximum atomic E-state index is 14.8. The van der Waals surface area contributed by atoms with Gasteiger partial charge in [0.2, 0.25) is 0 Å². The van der Waals surface area contributed by atoms with Crippen molar-refractivity contribution in [2.24, 2.45) is 5.92 Å². The van der Waals surface area contributed by atoms with E-state index in [1.165, 1.54) is 13.2 Å². The number of phenolic OH excluding ortho intramolecular Hbond substituents is 1. The van der Waals surface area contributed by atoms with E-state index in [1.54, 1.807) is 19.2 Å². The van der Waals surface area contributed by atoms with Crippen molar-refractivity contribution in [3.63, 3.8) is 0 Å². The van der Waals surface area contributed by atoms with E-state index in [2.05, 4.69) is 4.90 Å². The molecular weight excluding hydrogens is 490 g/mol. The van der Waals surface area contributed by atoms with Gasteiger partial charge in [0.05, 0.1) is 20.1 Å². The van der Waals surface area contributed by atoms with E-state index >= 15 is 0 Å². The Hall–Kier alpha value is -4.16. The lowest BCUT2D eigenvalue weighted by molar-refractivity contribution is 0.0519. The smallest absolute Gasteiger partial charge is 0.189 e. The minimum absolute atomic E-state index is 0.00121. The van der Waals surface area contributed by atoms with E-state index < -0.39 is 11.5 Å². The van der Waals surface area contributed by atoms with Gasteiger partial charge >= 0.3 is 0 Å². The van der Waals surface area contributed by atoms with E-state index in [9.17, 15) is 14.7 Å². The first kappa shape index (κ1) is 23.9. The van der Waals surface area contributed by atoms with Gasteiger partial charge in [-0.3, -0.25) is 14.5 Å². The molecule has 4 atom stereocenters. The standard InChI is InChI=1S/C33H29NO5/c1-38-22-14-11-20(12-15-22)29-25-10-5-17-34(25)33(30(29)31(36)21-13-16-26(35)27(18-21)39-2)24-9-4-7-19-6-3-8-23(28(19)24)32(33)37/h3-4,6-9,11-16,18,25,29-30,35H,5,10,17H2,1-2H3. The fourth-order valence-electron chi connectivity index (χ4n) is 7.64. The Morgan fingerprint density at radius 2 is 1.74 bits per heavy atom. The van der Waals surface area contributed by atoms with Crippen LogP contribution in [0.3, 0.4) is 0 Å². The number of carbonyl (C=O) groups is 2. The van der Waals surface area contributed by atoms with Crippen molar-refractivity contribution in [1.82, 2.24) is 4.90 Å². The van der Waals surface area contributed by atoms with Gasteiger partial charge in [-0.2, -0.15) is 0 Å². The summed E-state index contributed by atoms with van der Waals surface area (Å²) in [4.78, 5) is 31.9. The van der Waals surface area contributed by atoms with Crippen LogP contribution in [0, 0.1) is 5.92 Å². The third kappa shape index (κ3) is 3.12. The summed E-state index contributed by atoms with van der Waals surface area (Å²) >= 11 is 0. The lowest BCUT2D eigenvalue weighted by atomic mass is 9.68.